The molecule has 0 aromatic heterocycles. The number of sulfone groups is 1. The molecule has 1 saturated carbocycles. The summed E-state index contributed by atoms with van der Waals surface area (Å²) in [6.07, 6.45) is 3.97. The zero-order chi connectivity index (χ0) is 16.7. The van der Waals surface area contributed by atoms with Gasteiger partial charge in [-0.05, 0) is 24.8 Å². The maximum Gasteiger partial charge on any atom is 0.237 e. The van der Waals surface area contributed by atoms with E-state index >= 15 is 0 Å². The highest BCUT2D eigenvalue weighted by molar-refractivity contribution is 7.92. The van der Waals surface area contributed by atoms with E-state index in [0.717, 1.165) is 18.4 Å². The standard InChI is InChI=1S/C17H26N2O3S/c18-11-13-19(12-10-15-6-2-1-3-7-15)17(20)14-23(21,22)16-8-4-5-9-16/h1-3,6-7,16H,4-5,8-14,18H2. The zero-order valence-corrected chi connectivity index (χ0v) is 14.3. The quantitative estimate of drug-likeness (QED) is 0.776. The maximum absolute atomic E-state index is 12.4. The van der Waals surface area contributed by atoms with Gasteiger partial charge in [-0.2, -0.15) is 0 Å². The number of nitrogens with two attached hydrogens (primary N) is 1. The normalized spacial score (nSPS) is 15.7. The second-order valence-electron chi connectivity index (χ2n) is 6.12. The molecule has 0 heterocycles. The smallest absolute Gasteiger partial charge is 0.237 e. The summed E-state index contributed by atoms with van der Waals surface area (Å²) in [4.78, 5) is 14.0. The van der Waals surface area contributed by atoms with Crippen molar-refractivity contribution in [2.24, 2.45) is 5.73 Å². The predicted molar refractivity (Wildman–Crippen MR) is 91.8 cm³/mol. The van der Waals surface area contributed by atoms with Crippen molar-refractivity contribution in [3.8, 4) is 0 Å². The molecule has 2 rings (SSSR count). The molecule has 0 atom stereocenters. The molecule has 23 heavy (non-hydrogen) atoms. The lowest BCUT2D eigenvalue weighted by molar-refractivity contribution is -0.128. The highest BCUT2D eigenvalue weighted by atomic mass is 32.2. The molecule has 0 aliphatic heterocycles. The molecular formula is C17H26N2O3S. The summed E-state index contributed by atoms with van der Waals surface area (Å²) in [6, 6.07) is 9.85. The molecule has 0 unspecified atom stereocenters. The maximum atomic E-state index is 12.4. The number of rotatable bonds is 8. The number of hydrogen-bond acceptors (Lipinski definition) is 4. The Morgan fingerprint density at radius 1 is 1.13 bits per heavy atom. The van der Waals surface area contributed by atoms with Crippen molar-refractivity contribution in [3.63, 3.8) is 0 Å². The third-order valence-corrected chi connectivity index (χ3v) is 6.54. The van der Waals surface area contributed by atoms with Crippen LogP contribution in [-0.2, 0) is 21.1 Å². The van der Waals surface area contributed by atoms with Gasteiger partial charge in [0, 0.05) is 19.6 Å². The monoisotopic (exact) mass is 338 g/mol. The van der Waals surface area contributed by atoms with Crippen LogP contribution in [0.15, 0.2) is 30.3 Å². The van der Waals surface area contributed by atoms with Crippen LogP contribution >= 0.6 is 0 Å². The average molecular weight is 338 g/mol. The van der Waals surface area contributed by atoms with Crippen LogP contribution in [0, 0.1) is 0 Å². The Morgan fingerprint density at radius 2 is 1.78 bits per heavy atom. The molecule has 1 aromatic rings. The number of nitrogens with zero attached hydrogens (tertiary/aromatic N) is 1. The fourth-order valence-electron chi connectivity index (χ4n) is 3.05. The Balaban J connectivity index is 1.94. The molecule has 0 bridgehead atoms. The van der Waals surface area contributed by atoms with Gasteiger partial charge in [0.2, 0.25) is 5.91 Å². The Hall–Kier alpha value is -1.40. The molecule has 1 amide bonds. The molecule has 2 N–H and O–H groups in total. The molecule has 1 aliphatic rings. The molecule has 1 fully saturated rings. The molecule has 0 radical (unpaired) electrons. The Labute approximate surface area is 138 Å². The summed E-state index contributed by atoms with van der Waals surface area (Å²) in [7, 11) is -3.34. The first-order valence-electron chi connectivity index (χ1n) is 8.26. The lowest BCUT2D eigenvalue weighted by atomic mass is 10.1. The first-order chi connectivity index (χ1) is 11.0. The Bertz CT molecular complexity index is 596. The Kier molecular flexibility index (Phi) is 6.59. The van der Waals surface area contributed by atoms with E-state index in [1.165, 1.54) is 0 Å². The van der Waals surface area contributed by atoms with E-state index in [2.05, 4.69) is 0 Å². The summed E-state index contributed by atoms with van der Waals surface area (Å²) in [6.45, 7) is 1.23. The van der Waals surface area contributed by atoms with Gasteiger partial charge in [0.05, 0.1) is 5.25 Å². The lowest BCUT2D eigenvalue weighted by Crippen LogP contribution is -2.41. The van der Waals surface area contributed by atoms with Crippen LogP contribution in [0.3, 0.4) is 0 Å². The van der Waals surface area contributed by atoms with Gasteiger partial charge in [0.25, 0.3) is 0 Å². The highest BCUT2D eigenvalue weighted by Gasteiger charge is 2.31. The number of carbonyl (C=O) groups is 1. The van der Waals surface area contributed by atoms with Crippen molar-refractivity contribution >= 4 is 15.7 Å². The predicted octanol–water partition coefficient (Wildman–Crippen LogP) is 1.37. The van der Waals surface area contributed by atoms with Gasteiger partial charge >= 0.3 is 0 Å². The van der Waals surface area contributed by atoms with Gasteiger partial charge in [0.1, 0.15) is 5.75 Å². The third kappa shape index (κ3) is 5.32. The van der Waals surface area contributed by atoms with E-state index in [4.69, 9.17) is 5.73 Å². The van der Waals surface area contributed by atoms with Gasteiger partial charge in [-0.3, -0.25) is 4.79 Å². The van der Waals surface area contributed by atoms with Crippen molar-refractivity contribution in [1.29, 1.82) is 0 Å². The molecule has 6 heteroatoms. The minimum absolute atomic E-state index is 0.321. The fourth-order valence-corrected chi connectivity index (χ4v) is 4.87. The SMILES string of the molecule is NCCN(CCc1ccccc1)C(=O)CS(=O)(=O)C1CCCC1. The van der Waals surface area contributed by atoms with Crippen LogP contribution in [0.25, 0.3) is 0 Å². The van der Waals surface area contributed by atoms with Gasteiger partial charge in [0.15, 0.2) is 9.84 Å². The van der Waals surface area contributed by atoms with Crippen LogP contribution in [-0.4, -0.2) is 49.9 Å². The lowest BCUT2D eigenvalue weighted by Gasteiger charge is -2.23. The van der Waals surface area contributed by atoms with Crippen molar-refractivity contribution < 1.29 is 13.2 Å². The van der Waals surface area contributed by atoms with Crippen LogP contribution in [0.5, 0.6) is 0 Å². The molecule has 1 aromatic carbocycles. The second kappa shape index (κ2) is 8.45. The van der Waals surface area contributed by atoms with Gasteiger partial charge in [-0.25, -0.2) is 8.42 Å². The van der Waals surface area contributed by atoms with Gasteiger partial charge in [-0.1, -0.05) is 43.2 Å². The molecule has 5 nitrogen and oxygen atoms in total. The zero-order valence-electron chi connectivity index (χ0n) is 13.5. The van der Waals surface area contributed by atoms with Crippen molar-refractivity contribution in [3.05, 3.63) is 35.9 Å². The Morgan fingerprint density at radius 3 is 2.39 bits per heavy atom. The number of carbonyl (C=O) groups excluding carboxylic acids is 1. The third-order valence-electron chi connectivity index (χ3n) is 4.40. The molecule has 128 valence electrons. The summed E-state index contributed by atoms with van der Waals surface area (Å²) >= 11 is 0. The second-order valence-corrected chi connectivity index (χ2v) is 8.40. The van der Waals surface area contributed by atoms with Gasteiger partial charge in [-0.15, -0.1) is 0 Å². The van der Waals surface area contributed by atoms with Gasteiger partial charge < -0.3 is 10.6 Å². The van der Waals surface area contributed by atoms with Crippen LogP contribution in [0.2, 0.25) is 0 Å². The van der Waals surface area contributed by atoms with Crippen molar-refractivity contribution in [2.45, 2.75) is 37.4 Å². The largest absolute Gasteiger partial charge is 0.340 e. The van der Waals surface area contributed by atoms with Crippen LogP contribution in [0.4, 0.5) is 0 Å². The van der Waals surface area contributed by atoms with E-state index in [1.54, 1.807) is 4.90 Å². The molecule has 0 saturated heterocycles. The fraction of sp³-hybridized carbons (Fsp3) is 0.588. The highest BCUT2D eigenvalue weighted by Crippen LogP contribution is 2.25. The van der Waals surface area contributed by atoms with E-state index in [-0.39, 0.29) is 16.9 Å². The van der Waals surface area contributed by atoms with Crippen LogP contribution < -0.4 is 5.73 Å². The van der Waals surface area contributed by atoms with Crippen LogP contribution in [0.1, 0.15) is 31.2 Å². The minimum Gasteiger partial charge on any atom is -0.340 e. The minimum atomic E-state index is -3.34. The first kappa shape index (κ1) is 17.9. The molecular weight excluding hydrogens is 312 g/mol. The number of amides is 1. The van der Waals surface area contributed by atoms with Crippen molar-refractivity contribution in [1.82, 2.24) is 4.90 Å². The van der Waals surface area contributed by atoms with E-state index < -0.39 is 9.84 Å². The topological polar surface area (TPSA) is 80.5 Å². The summed E-state index contributed by atoms with van der Waals surface area (Å²) in [5, 5.41) is -0.333. The number of hydrogen-bond donors (Lipinski definition) is 1. The first-order valence-corrected chi connectivity index (χ1v) is 9.98. The summed E-state index contributed by atoms with van der Waals surface area (Å²) < 4.78 is 24.7. The summed E-state index contributed by atoms with van der Waals surface area (Å²) in [5.41, 5.74) is 6.70. The van der Waals surface area contributed by atoms with E-state index in [9.17, 15) is 13.2 Å². The molecule has 0 spiro atoms. The number of benzene rings is 1. The van der Waals surface area contributed by atoms with Crippen molar-refractivity contribution in [2.75, 3.05) is 25.4 Å². The summed E-state index contributed by atoms with van der Waals surface area (Å²) in [5.74, 6) is -0.704. The van der Waals surface area contributed by atoms with E-state index in [0.29, 0.717) is 38.9 Å². The average Bonchev–Trinajstić information content (AvgIpc) is 3.07. The molecule has 1 aliphatic carbocycles. The van der Waals surface area contributed by atoms with E-state index in [1.807, 2.05) is 30.3 Å².